The molecule has 1 N–H and O–H groups in total. The van der Waals surface area contributed by atoms with E-state index in [0.717, 1.165) is 48.2 Å². The Bertz CT molecular complexity index is 1620. The van der Waals surface area contributed by atoms with Crippen LogP contribution in [0.3, 0.4) is 0 Å². The Kier molecular flexibility index (Phi) is 6.95. The molecule has 3 aromatic rings. The molecule has 210 valence electrons. The third-order valence-corrected chi connectivity index (χ3v) is 9.83. The predicted molar refractivity (Wildman–Crippen MR) is 138 cm³/mol. The SMILES string of the molecule is O=C(Cc1ccc(N2CCCCC2)cc1)Nc1nn(S(=O)(=O)C(F)(F)F)c2ncc(N3CCCS3(=O)=O)cc12. The number of carbonyl (C=O) groups is 1. The predicted octanol–water partition coefficient (Wildman–Crippen LogP) is 2.84. The summed E-state index contributed by atoms with van der Waals surface area (Å²) in [7, 11) is -9.66. The number of piperidine rings is 1. The zero-order valence-electron chi connectivity index (χ0n) is 20.6. The first kappa shape index (κ1) is 27.2. The van der Waals surface area contributed by atoms with Gasteiger partial charge in [-0.15, -0.1) is 9.19 Å². The summed E-state index contributed by atoms with van der Waals surface area (Å²) in [6, 6.07) is 8.48. The third kappa shape index (κ3) is 5.26. The molecule has 16 heteroatoms. The number of halogens is 3. The van der Waals surface area contributed by atoms with E-state index in [0.29, 0.717) is 12.0 Å². The summed E-state index contributed by atoms with van der Waals surface area (Å²) in [6.45, 7) is 2.02. The fourth-order valence-corrected chi connectivity index (χ4v) is 7.03. The molecule has 1 amide bonds. The van der Waals surface area contributed by atoms with Gasteiger partial charge in [0.05, 0.1) is 29.4 Å². The van der Waals surface area contributed by atoms with Crippen molar-refractivity contribution < 1.29 is 34.8 Å². The number of amides is 1. The van der Waals surface area contributed by atoms with Gasteiger partial charge in [0.1, 0.15) is 0 Å². The molecule has 2 aromatic heterocycles. The standard InChI is InChI=1S/C23H25F3N6O5S2/c24-23(25,26)39(36,37)32-22-19(14-18(15-27-22)31-11-4-12-38(31,34)35)21(29-32)28-20(33)13-16-5-7-17(8-6-16)30-9-2-1-3-10-30/h5-8,14-15H,1-4,9-13H2,(H,28,29,33). The molecule has 39 heavy (non-hydrogen) atoms. The van der Waals surface area contributed by atoms with Crippen molar-refractivity contribution in [2.75, 3.05) is 39.9 Å². The second kappa shape index (κ2) is 9.97. The maximum atomic E-state index is 13.3. The molecule has 0 radical (unpaired) electrons. The minimum Gasteiger partial charge on any atom is -0.372 e. The first-order valence-electron chi connectivity index (χ1n) is 12.2. The summed E-state index contributed by atoms with van der Waals surface area (Å²) in [5.41, 5.74) is -4.72. The topological polar surface area (TPSA) is 135 Å². The molecule has 0 spiro atoms. The lowest BCUT2D eigenvalue weighted by Crippen LogP contribution is -2.31. The van der Waals surface area contributed by atoms with Gasteiger partial charge in [-0.1, -0.05) is 12.1 Å². The molecule has 1 aromatic carbocycles. The number of hydrogen-bond acceptors (Lipinski definition) is 8. The Labute approximate surface area is 222 Å². The fraction of sp³-hybridized carbons (Fsp3) is 0.435. The summed E-state index contributed by atoms with van der Waals surface area (Å²) in [5, 5.41) is 5.65. The summed E-state index contributed by atoms with van der Waals surface area (Å²) in [6.07, 6.45) is 4.54. The van der Waals surface area contributed by atoms with Gasteiger partial charge in [0.2, 0.25) is 15.9 Å². The number of fused-ring (bicyclic) bond motifs is 1. The van der Waals surface area contributed by atoms with Crippen LogP contribution < -0.4 is 14.5 Å². The maximum Gasteiger partial charge on any atom is 0.518 e. The van der Waals surface area contributed by atoms with E-state index >= 15 is 0 Å². The first-order valence-corrected chi connectivity index (χ1v) is 15.3. The van der Waals surface area contributed by atoms with Gasteiger partial charge in [0, 0.05) is 25.3 Å². The summed E-state index contributed by atoms with van der Waals surface area (Å²) in [4.78, 5) is 18.9. The highest BCUT2D eigenvalue weighted by Gasteiger charge is 2.49. The minimum atomic E-state index is -5.99. The monoisotopic (exact) mass is 586 g/mol. The number of benzene rings is 1. The Morgan fingerprint density at radius 3 is 2.31 bits per heavy atom. The van der Waals surface area contributed by atoms with Crippen LogP contribution in [0, 0.1) is 0 Å². The van der Waals surface area contributed by atoms with Crippen molar-refractivity contribution in [3.05, 3.63) is 42.1 Å². The van der Waals surface area contributed by atoms with Gasteiger partial charge in [-0.3, -0.25) is 9.10 Å². The van der Waals surface area contributed by atoms with Gasteiger partial charge in [0.25, 0.3) is 0 Å². The molecule has 2 fully saturated rings. The number of hydrogen-bond donors (Lipinski definition) is 1. The van der Waals surface area contributed by atoms with Gasteiger partial charge in [-0.2, -0.15) is 21.6 Å². The smallest absolute Gasteiger partial charge is 0.372 e. The number of carbonyl (C=O) groups excluding carboxylic acids is 1. The molecule has 0 saturated carbocycles. The van der Waals surface area contributed by atoms with Crippen molar-refractivity contribution in [1.82, 2.24) is 14.2 Å². The average Bonchev–Trinajstić information content (AvgIpc) is 3.43. The first-order chi connectivity index (χ1) is 18.4. The van der Waals surface area contributed by atoms with Crippen LogP contribution >= 0.6 is 0 Å². The van der Waals surface area contributed by atoms with Crippen molar-refractivity contribution in [1.29, 1.82) is 0 Å². The molecule has 0 aliphatic carbocycles. The van der Waals surface area contributed by atoms with E-state index < -0.39 is 42.9 Å². The van der Waals surface area contributed by atoms with Gasteiger partial charge >= 0.3 is 15.5 Å². The van der Waals surface area contributed by atoms with Crippen molar-refractivity contribution in [3.63, 3.8) is 0 Å². The lowest BCUT2D eigenvalue weighted by atomic mass is 10.1. The number of sulfonamides is 1. The molecule has 0 atom stereocenters. The Hall–Kier alpha value is -3.40. The molecule has 2 aliphatic rings. The second-order valence-electron chi connectivity index (χ2n) is 9.39. The highest BCUT2D eigenvalue weighted by Crippen LogP contribution is 2.33. The van der Waals surface area contributed by atoms with Gasteiger partial charge in [-0.05, 0) is 49.4 Å². The number of pyridine rings is 1. The van der Waals surface area contributed by atoms with Crippen LogP contribution in [0.5, 0.6) is 0 Å². The zero-order chi connectivity index (χ0) is 28.0. The van der Waals surface area contributed by atoms with Crippen LogP contribution in [-0.2, 0) is 31.3 Å². The zero-order valence-corrected chi connectivity index (χ0v) is 22.2. The maximum absolute atomic E-state index is 13.3. The van der Waals surface area contributed by atoms with E-state index in [1.165, 1.54) is 6.42 Å². The van der Waals surface area contributed by atoms with Gasteiger partial charge in [0.15, 0.2) is 11.5 Å². The molecule has 0 unspecified atom stereocenters. The number of anilines is 3. The van der Waals surface area contributed by atoms with Crippen molar-refractivity contribution >= 4 is 54.2 Å². The van der Waals surface area contributed by atoms with E-state index in [2.05, 4.69) is 20.3 Å². The van der Waals surface area contributed by atoms with Crippen molar-refractivity contribution in [3.8, 4) is 0 Å². The molecule has 4 heterocycles. The summed E-state index contributed by atoms with van der Waals surface area (Å²) >= 11 is 0. The highest BCUT2D eigenvalue weighted by molar-refractivity contribution is 7.93. The number of rotatable bonds is 6. The molecule has 0 bridgehead atoms. The largest absolute Gasteiger partial charge is 0.518 e. The molecular weight excluding hydrogens is 561 g/mol. The van der Waals surface area contributed by atoms with Crippen molar-refractivity contribution in [2.24, 2.45) is 0 Å². The quantitative estimate of drug-likeness (QED) is 0.466. The summed E-state index contributed by atoms with van der Waals surface area (Å²) in [5.74, 6) is -1.26. The normalized spacial score (nSPS) is 18.0. The third-order valence-electron chi connectivity index (χ3n) is 6.67. The molecular formula is C23H25F3N6O5S2. The van der Waals surface area contributed by atoms with Gasteiger partial charge < -0.3 is 10.2 Å². The summed E-state index contributed by atoms with van der Waals surface area (Å²) < 4.78 is 89.8. The molecule has 11 nitrogen and oxygen atoms in total. The number of alkyl halides is 3. The van der Waals surface area contributed by atoms with Crippen LogP contribution in [0.1, 0.15) is 31.2 Å². The molecule has 2 aliphatic heterocycles. The van der Waals surface area contributed by atoms with E-state index in [9.17, 15) is 34.8 Å². The number of nitrogens with zero attached hydrogens (tertiary/aromatic N) is 5. The van der Waals surface area contributed by atoms with Crippen LogP contribution in [0.2, 0.25) is 0 Å². The van der Waals surface area contributed by atoms with Crippen LogP contribution in [-0.4, -0.2) is 67.8 Å². The van der Waals surface area contributed by atoms with Crippen LogP contribution in [0.15, 0.2) is 36.5 Å². The van der Waals surface area contributed by atoms with E-state index in [1.54, 1.807) is 12.1 Å². The second-order valence-corrected chi connectivity index (χ2v) is 13.2. The average molecular weight is 587 g/mol. The van der Waals surface area contributed by atoms with E-state index in [-0.39, 0.29) is 33.9 Å². The highest BCUT2D eigenvalue weighted by atomic mass is 32.2. The minimum absolute atomic E-state index is 0.0211. The van der Waals surface area contributed by atoms with E-state index in [4.69, 9.17) is 0 Å². The fourth-order valence-electron chi connectivity index (χ4n) is 4.73. The van der Waals surface area contributed by atoms with Gasteiger partial charge in [-0.25, -0.2) is 13.4 Å². The Morgan fingerprint density at radius 2 is 1.69 bits per heavy atom. The van der Waals surface area contributed by atoms with Crippen molar-refractivity contribution in [2.45, 2.75) is 37.6 Å². The van der Waals surface area contributed by atoms with Crippen LogP contribution in [0.25, 0.3) is 11.0 Å². The molecule has 5 rings (SSSR count). The van der Waals surface area contributed by atoms with E-state index in [1.807, 2.05) is 12.1 Å². The lowest BCUT2D eigenvalue weighted by molar-refractivity contribution is -0.115. The Balaban J connectivity index is 1.45. The number of nitrogens with one attached hydrogen (secondary N) is 1. The number of aromatic nitrogens is 3. The lowest BCUT2D eigenvalue weighted by Gasteiger charge is -2.28. The Morgan fingerprint density at radius 1 is 1.00 bits per heavy atom. The van der Waals surface area contributed by atoms with Crippen LogP contribution in [0.4, 0.5) is 30.4 Å². The molecule has 2 saturated heterocycles.